The molecule has 1 amide bonds. The maximum absolute atomic E-state index is 13.2. The van der Waals surface area contributed by atoms with Crippen molar-refractivity contribution in [2.45, 2.75) is 46.0 Å². The Morgan fingerprint density at radius 2 is 2.04 bits per heavy atom. The van der Waals surface area contributed by atoms with Gasteiger partial charge in [0.15, 0.2) is 0 Å². The highest BCUT2D eigenvalue weighted by Gasteiger charge is 2.31. The number of aryl methyl sites for hydroxylation is 1. The molecule has 5 heteroatoms. The third-order valence-electron chi connectivity index (χ3n) is 5.64. The molecule has 0 spiro atoms. The van der Waals surface area contributed by atoms with Crippen LogP contribution in [0.4, 0.5) is 0 Å². The number of rotatable bonds is 6. The molecule has 1 fully saturated rings. The van der Waals surface area contributed by atoms with E-state index in [0.29, 0.717) is 28.9 Å². The number of carbonyl (C=O) groups excluding carboxylic acids is 1. The summed E-state index contributed by atoms with van der Waals surface area (Å²) < 4.78 is 11.2. The molecule has 3 atom stereocenters. The average molecular weight is 386 g/mol. The van der Waals surface area contributed by atoms with Crippen LogP contribution < -0.4 is 4.74 Å². The number of methoxy groups -OCH3 is 1. The van der Waals surface area contributed by atoms with E-state index in [0.717, 1.165) is 31.5 Å². The summed E-state index contributed by atoms with van der Waals surface area (Å²) >= 11 is 0. The summed E-state index contributed by atoms with van der Waals surface area (Å²) in [6.07, 6.45) is 3.78. The summed E-state index contributed by atoms with van der Waals surface area (Å²) in [7, 11) is 1.59. The number of hydrogen-bond acceptors (Lipinski definition) is 4. The Morgan fingerprint density at radius 3 is 2.61 bits per heavy atom. The fourth-order valence-electron chi connectivity index (χ4n) is 4.40. The molecule has 5 nitrogen and oxygen atoms in total. The second kappa shape index (κ2) is 8.72. The highest BCUT2D eigenvalue weighted by Crippen LogP contribution is 2.42. The lowest BCUT2D eigenvalue weighted by molar-refractivity contribution is -0.134. The van der Waals surface area contributed by atoms with E-state index in [-0.39, 0.29) is 18.1 Å². The van der Waals surface area contributed by atoms with Crippen molar-refractivity contribution < 1.29 is 19.1 Å². The van der Waals surface area contributed by atoms with Gasteiger partial charge in [0.2, 0.25) is 5.91 Å². The van der Waals surface area contributed by atoms with Crippen LogP contribution in [-0.4, -0.2) is 36.1 Å². The van der Waals surface area contributed by atoms with Crippen molar-refractivity contribution in [3.05, 3.63) is 47.4 Å². The molecule has 0 saturated carbocycles. The van der Waals surface area contributed by atoms with Gasteiger partial charge < -0.3 is 19.2 Å². The number of furan rings is 1. The van der Waals surface area contributed by atoms with Crippen LogP contribution in [-0.2, 0) is 11.2 Å². The molecule has 3 unspecified atom stereocenters. The van der Waals surface area contributed by atoms with Crippen molar-refractivity contribution in [1.29, 1.82) is 0 Å². The molecular weight excluding hydrogens is 354 g/mol. The van der Waals surface area contributed by atoms with Gasteiger partial charge in [0.05, 0.1) is 19.3 Å². The smallest absolute Gasteiger partial charge is 0.223 e. The van der Waals surface area contributed by atoms with Gasteiger partial charge in [-0.3, -0.25) is 4.79 Å². The topological polar surface area (TPSA) is 62.9 Å². The number of amides is 1. The second-order valence-corrected chi connectivity index (χ2v) is 8.10. The van der Waals surface area contributed by atoms with E-state index in [1.54, 1.807) is 19.4 Å². The number of phenolic OH excluding ortho intramolecular Hbond substituents is 1. The predicted molar refractivity (Wildman–Crippen MR) is 109 cm³/mol. The predicted octanol–water partition coefficient (Wildman–Crippen LogP) is 4.58. The number of benzene rings is 1. The van der Waals surface area contributed by atoms with E-state index in [4.69, 9.17) is 9.15 Å². The van der Waals surface area contributed by atoms with Gasteiger partial charge in [-0.05, 0) is 54.5 Å². The molecule has 3 rings (SSSR count). The molecule has 1 saturated heterocycles. The minimum atomic E-state index is -0.393. The van der Waals surface area contributed by atoms with Crippen LogP contribution in [0, 0.1) is 11.8 Å². The Bertz CT molecular complexity index is 789. The monoisotopic (exact) mass is 385 g/mol. The van der Waals surface area contributed by atoms with Crippen LogP contribution in [0.25, 0.3) is 0 Å². The highest BCUT2D eigenvalue weighted by atomic mass is 16.5. The Kier molecular flexibility index (Phi) is 6.32. The Labute approximate surface area is 167 Å². The molecule has 1 aromatic heterocycles. The van der Waals surface area contributed by atoms with Crippen molar-refractivity contribution in [2.24, 2.45) is 11.8 Å². The molecule has 152 valence electrons. The lowest BCUT2D eigenvalue weighted by Crippen LogP contribution is -2.43. The molecule has 2 heterocycles. The first-order valence-electron chi connectivity index (χ1n) is 10.1. The third kappa shape index (κ3) is 4.34. The van der Waals surface area contributed by atoms with Crippen LogP contribution >= 0.6 is 0 Å². The van der Waals surface area contributed by atoms with Gasteiger partial charge in [-0.15, -0.1) is 0 Å². The molecule has 1 aromatic carbocycles. The van der Waals surface area contributed by atoms with E-state index >= 15 is 0 Å². The molecule has 28 heavy (non-hydrogen) atoms. The summed E-state index contributed by atoms with van der Waals surface area (Å²) in [5, 5.41) is 10.8. The average Bonchev–Trinajstić information content (AvgIpc) is 3.19. The largest absolute Gasteiger partial charge is 0.507 e. The van der Waals surface area contributed by atoms with Gasteiger partial charge >= 0.3 is 0 Å². The zero-order valence-electron chi connectivity index (χ0n) is 17.3. The van der Waals surface area contributed by atoms with E-state index < -0.39 is 5.92 Å². The van der Waals surface area contributed by atoms with E-state index in [2.05, 4.69) is 13.8 Å². The van der Waals surface area contributed by atoms with Crippen LogP contribution in [0.3, 0.4) is 0 Å². The van der Waals surface area contributed by atoms with Crippen LogP contribution in [0.2, 0.25) is 0 Å². The SMILES string of the molecule is CCc1cc(O)c(C(CC(=O)N2CC(C)CC(C)C2)c2ccco2)c(OC)c1. The van der Waals surface area contributed by atoms with Crippen molar-refractivity contribution in [3.63, 3.8) is 0 Å². The fraction of sp³-hybridized carbons (Fsp3) is 0.522. The second-order valence-electron chi connectivity index (χ2n) is 8.10. The maximum atomic E-state index is 13.2. The highest BCUT2D eigenvalue weighted by molar-refractivity contribution is 5.78. The fourth-order valence-corrected chi connectivity index (χ4v) is 4.40. The number of carbonyl (C=O) groups is 1. The minimum Gasteiger partial charge on any atom is -0.507 e. The minimum absolute atomic E-state index is 0.0841. The summed E-state index contributed by atoms with van der Waals surface area (Å²) in [4.78, 5) is 15.1. The first kappa shape index (κ1) is 20.3. The number of hydrogen-bond donors (Lipinski definition) is 1. The van der Waals surface area contributed by atoms with Crippen molar-refractivity contribution in [2.75, 3.05) is 20.2 Å². The van der Waals surface area contributed by atoms with Gasteiger partial charge in [0.25, 0.3) is 0 Å². The van der Waals surface area contributed by atoms with Crippen LogP contribution in [0.5, 0.6) is 11.5 Å². The number of ether oxygens (including phenoxy) is 1. The van der Waals surface area contributed by atoms with Crippen molar-refractivity contribution in [3.8, 4) is 11.5 Å². The Hall–Kier alpha value is -2.43. The zero-order valence-corrected chi connectivity index (χ0v) is 17.3. The zero-order chi connectivity index (χ0) is 20.3. The van der Waals surface area contributed by atoms with Gasteiger partial charge in [-0.2, -0.15) is 0 Å². The maximum Gasteiger partial charge on any atom is 0.223 e. The molecule has 0 bridgehead atoms. The molecule has 1 N–H and O–H groups in total. The van der Waals surface area contributed by atoms with Crippen LogP contribution in [0.1, 0.15) is 56.4 Å². The van der Waals surface area contributed by atoms with E-state index in [1.165, 1.54) is 0 Å². The first-order valence-corrected chi connectivity index (χ1v) is 10.1. The molecule has 2 aromatic rings. The number of aromatic hydroxyl groups is 1. The van der Waals surface area contributed by atoms with Gasteiger partial charge in [0, 0.05) is 25.1 Å². The normalized spacial score (nSPS) is 20.8. The lowest BCUT2D eigenvalue weighted by atomic mass is 9.88. The standard InChI is InChI=1S/C23H31NO4/c1-5-17-10-19(25)23(21(11-17)27-4)18(20-7-6-8-28-20)12-22(26)24-13-15(2)9-16(3)14-24/h6-8,10-11,15-16,18,25H,5,9,12-14H2,1-4H3. The molecule has 0 aliphatic carbocycles. The quantitative estimate of drug-likeness (QED) is 0.790. The summed E-state index contributed by atoms with van der Waals surface area (Å²) in [5.74, 6) is 2.08. The van der Waals surface area contributed by atoms with Gasteiger partial charge in [0.1, 0.15) is 17.3 Å². The van der Waals surface area contributed by atoms with Crippen molar-refractivity contribution in [1.82, 2.24) is 4.90 Å². The third-order valence-corrected chi connectivity index (χ3v) is 5.64. The van der Waals surface area contributed by atoms with E-state index in [9.17, 15) is 9.90 Å². The Balaban J connectivity index is 1.94. The molecule has 1 aliphatic heterocycles. The molecular formula is C23H31NO4. The summed E-state index contributed by atoms with van der Waals surface area (Å²) in [6.45, 7) is 7.98. The summed E-state index contributed by atoms with van der Waals surface area (Å²) in [5.41, 5.74) is 1.60. The van der Waals surface area contributed by atoms with Crippen molar-refractivity contribution >= 4 is 5.91 Å². The van der Waals surface area contributed by atoms with Gasteiger partial charge in [-0.25, -0.2) is 0 Å². The lowest BCUT2D eigenvalue weighted by Gasteiger charge is -2.35. The van der Waals surface area contributed by atoms with E-state index in [1.807, 2.05) is 30.0 Å². The van der Waals surface area contributed by atoms with Gasteiger partial charge in [-0.1, -0.05) is 20.8 Å². The Morgan fingerprint density at radius 1 is 1.32 bits per heavy atom. The first-order chi connectivity index (χ1) is 13.4. The van der Waals surface area contributed by atoms with Crippen LogP contribution in [0.15, 0.2) is 34.9 Å². The molecule has 0 radical (unpaired) electrons. The number of piperidine rings is 1. The summed E-state index contributed by atoms with van der Waals surface area (Å²) in [6, 6.07) is 7.34. The number of likely N-dealkylation sites (tertiary alicyclic amines) is 1. The number of phenols is 1. The molecule has 1 aliphatic rings. The number of nitrogens with zero attached hydrogens (tertiary/aromatic N) is 1.